The van der Waals surface area contributed by atoms with Crippen molar-refractivity contribution in [3.05, 3.63) is 71.0 Å². The Kier molecular flexibility index (Phi) is 3.83. The summed E-state index contributed by atoms with van der Waals surface area (Å²) in [6, 6.07) is 15.8. The summed E-state index contributed by atoms with van der Waals surface area (Å²) >= 11 is 0. The van der Waals surface area contributed by atoms with Crippen LogP contribution in [0.1, 0.15) is 34.9 Å². The molecule has 2 atom stereocenters. The Morgan fingerprint density at radius 3 is 2.50 bits per heavy atom. The Hall–Kier alpha value is -1.67. The normalized spacial score (nSPS) is 22.7. The Bertz CT molecular complexity index is 540. The molecule has 1 fully saturated rings. The first-order valence-corrected chi connectivity index (χ1v) is 7.27. The Balaban J connectivity index is 1.95. The van der Waals surface area contributed by atoms with Crippen molar-refractivity contribution < 1.29 is 4.39 Å². The maximum Gasteiger partial charge on any atom is 0.123 e. The van der Waals surface area contributed by atoms with Crippen molar-refractivity contribution in [2.75, 3.05) is 13.1 Å². The molecule has 0 radical (unpaired) electrons. The fraction of sp³-hybridized carbons (Fsp3) is 0.333. The zero-order valence-corrected chi connectivity index (χ0v) is 11.8. The van der Waals surface area contributed by atoms with Gasteiger partial charge in [-0.05, 0) is 49.1 Å². The van der Waals surface area contributed by atoms with Gasteiger partial charge in [0.25, 0.3) is 0 Å². The van der Waals surface area contributed by atoms with Crippen LogP contribution in [0.2, 0.25) is 0 Å². The number of piperidine rings is 1. The molecule has 0 saturated carbocycles. The molecular formula is C18H20FN. The number of halogens is 1. The molecule has 1 N–H and O–H groups in total. The van der Waals surface area contributed by atoms with Crippen LogP contribution in [-0.2, 0) is 0 Å². The molecular weight excluding hydrogens is 249 g/mol. The van der Waals surface area contributed by atoms with Crippen LogP contribution in [0.25, 0.3) is 0 Å². The molecule has 104 valence electrons. The molecule has 1 aliphatic rings. The van der Waals surface area contributed by atoms with Crippen LogP contribution in [0.4, 0.5) is 4.39 Å². The molecule has 1 aliphatic heterocycles. The average molecular weight is 269 g/mol. The fourth-order valence-corrected chi connectivity index (χ4v) is 3.25. The van der Waals surface area contributed by atoms with Crippen LogP contribution in [0.3, 0.4) is 0 Å². The van der Waals surface area contributed by atoms with Gasteiger partial charge >= 0.3 is 0 Å². The molecule has 2 unspecified atom stereocenters. The van der Waals surface area contributed by atoms with E-state index in [1.165, 1.54) is 17.2 Å². The maximum absolute atomic E-state index is 13.5. The van der Waals surface area contributed by atoms with Crippen LogP contribution >= 0.6 is 0 Å². The van der Waals surface area contributed by atoms with E-state index < -0.39 is 0 Å². The predicted molar refractivity (Wildman–Crippen MR) is 80.5 cm³/mol. The van der Waals surface area contributed by atoms with Crippen LogP contribution in [-0.4, -0.2) is 13.1 Å². The number of hydrogen-bond acceptors (Lipinski definition) is 1. The molecule has 20 heavy (non-hydrogen) atoms. The minimum atomic E-state index is -0.135. The molecule has 0 amide bonds. The Morgan fingerprint density at radius 2 is 1.75 bits per heavy atom. The quantitative estimate of drug-likeness (QED) is 0.869. The number of benzene rings is 2. The number of nitrogens with one attached hydrogen (secondary N) is 1. The van der Waals surface area contributed by atoms with Crippen molar-refractivity contribution in [2.45, 2.75) is 25.2 Å². The highest BCUT2D eigenvalue weighted by molar-refractivity contribution is 5.32. The third kappa shape index (κ3) is 2.75. The van der Waals surface area contributed by atoms with E-state index in [2.05, 4.69) is 42.6 Å². The molecule has 1 heterocycles. The minimum Gasteiger partial charge on any atom is -0.316 e. The van der Waals surface area contributed by atoms with Crippen LogP contribution < -0.4 is 5.32 Å². The standard InChI is InChI=1S/C18H20FN/c1-13-4-2-5-14(10-13)18-12-20-9-8-17(18)15-6-3-7-16(19)11-15/h2-7,10-11,17-18,20H,8-9,12H2,1H3. The average Bonchev–Trinajstić information content (AvgIpc) is 2.47. The van der Waals surface area contributed by atoms with Gasteiger partial charge in [0.15, 0.2) is 0 Å². The van der Waals surface area contributed by atoms with Crippen molar-refractivity contribution in [2.24, 2.45) is 0 Å². The van der Waals surface area contributed by atoms with E-state index in [4.69, 9.17) is 0 Å². The minimum absolute atomic E-state index is 0.135. The van der Waals surface area contributed by atoms with Gasteiger partial charge in [0.2, 0.25) is 0 Å². The van der Waals surface area contributed by atoms with Crippen molar-refractivity contribution in [3.63, 3.8) is 0 Å². The third-order valence-corrected chi connectivity index (χ3v) is 4.23. The van der Waals surface area contributed by atoms with Gasteiger partial charge in [0, 0.05) is 12.5 Å². The lowest BCUT2D eigenvalue weighted by Gasteiger charge is -2.33. The summed E-state index contributed by atoms with van der Waals surface area (Å²) < 4.78 is 13.5. The molecule has 2 aromatic rings. The highest BCUT2D eigenvalue weighted by Gasteiger charge is 2.27. The van der Waals surface area contributed by atoms with Gasteiger partial charge in [-0.1, -0.05) is 42.0 Å². The summed E-state index contributed by atoms with van der Waals surface area (Å²) in [6.07, 6.45) is 1.06. The van der Waals surface area contributed by atoms with Crippen LogP contribution in [0.15, 0.2) is 48.5 Å². The smallest absolute Gasteiger partial charge is 0.123 e. The lowest BCUT2D eigenvalue weighted by molar-refractivity contribution is 0.403. The maximum atomic E-state index is 13.5. The highest BCUT2D eigenvalue weighted by atomic mass is 19.1. The number of hydrogen-bond donors (Lipinski definition) is 1. The Morgan fingerprint density at radius 1 is 1.00 bits per heavy atom. The summed E-state index contributed by atoms with van der Waals surface area (Å²) in [5, 5.41) is 3.47. The molecule has 1 nitrogen and oxygen atoms in total. The van der Waals surface area contributed by atoms with Crippen molar-refractivity contribution in [3.8, 4) is 0 Å². The summed E-state index contributed by atoms with van der Waals surface area (Å²) in [5.74, 6) is 0.684. The summed E-state index contributed by atoms with van der Waals surface area (Å²) in [7, 11) is 0. The van der Waals surface area contributed by atoms with E-state index in [-0.39, 0.29) is 5.82 Å². The number of rotatable bonds is 2. The van der Waals surface area contributed by atoms with Gasteiger partial charge in [0.1, 0.15) is 5.82 Å². The first-order valence-electron chi connectivity index (χ1n) is 7.27. The predicted octanol–water partition coefficient (Wildman–Crippen LogP) is 3.99. The summed E-state index contributed by atoms with van der Waals surface area (Å²) in [5.41, 5.74) is 3.76. The van der Waals surface area contributed by atoms with Gasteiger partial charge in [0.05, 0.1) is 0 Å². The zero-order valence-electron chi connectivity index (χ0n) is 11.8. The van der Waals surface area contributed by atoms with Gasteiger partial charge in [-0.25, -0.2) is 4.39 Å². The SMILES string of the molecule is Cc1cccc(C2CNCCC2c2cccc(F)c2)c1. The van der Waals surface area contributed by atoms with Crippen LogP contribution in [0.5, 0.6) is 0 Å². The summed E-state index contributed by atoms with van der Waals surface area (Å²) in [6.45, 7) is 4.09. The largest absolute Gasteiger partial charge is 0.316 e. The van der Waals surface area contributed by atoms with Gasteiger partial charge in [-0.3, -0.25) is 0 Å². The van der Waals surface area contributed by atoms with Crippen molar-refractivity contribution in [1.82, 2.24) is 5.32 Å². The lowest BCUT2D eigenvalue weighted by Crippen LogP contribution is -2.34. The molecule has 0 aromatic heterocycles. The molecule has 3 rings (SSSR count). The molecule has 0 bridgehead atoms. The first-order chi connectivity index (χ1) is 9.74. The topological polar surface area (TPSA) is 12.0 Å². The second-order valence-electron chi connectivity index (χ2n) is 5.67. The fourth-order valence-electron chi connectivity index (χ4n) is 3.25. The van der Waals surface area contributed by atoms with Gasteiger partial charge < -0.3 is 5.32 Å². The molecule has 0 aliphatic carbocycles. The van der Waals surface area contributed by atoms with Crippen molar-refractivity contribution in [1.29, 1.82) is 0 Å². The third-order valence-electron chi connectivity index (χ3n) is 4.23. The monoisotopic (exact) mass is 269 g/mol. The second-order valence-corrected chi connectivity index (χ2v) is 5.67. The first kappa shape index (κ1) is 13.3. The van der Waals surface area contributed by atoms with E-state index in [1.807, 2.05) is 6.07 Å². The highest BCUT2D eigenvalue weighted by Crippen LogP contribution is 2.37. The summed E-state index contributed by atoms with van der Waals surface area (Å²) in [4.78, 5) is 0. The van der Waals surface area contributed by atoms with E-state index in [1.54, 1.807) is 6.07 Å². The lowest BCUT2D eigenvalue weighted by atomic mass is 9.77. The van der Waals surface area contributed by atoms with E-state index in [0.29, 0.717) is 11.8 Å². The molecule has 2 aromatic carbocycles. The second kappa shape index (κ2) is 5.76. The van der Waals surface area contributed by atoms with E-state index >= 15 is 0 Å². The molecule has 1 saturated heterocycles. The molecule has 0 spiro atoms. The van der Waals surface area contributed by atoms with Gasteiger partial charge in [-0.2, -0.15) is 0 Å². The van der Waals surface area contributed by atoms with Gasteiger partial charge in [-0.15, -0.1) is 0 Å². The van der Waals surface area contributed by atoms with E-state index in [0.717, 1.165) is 25.1 Å². The molecule has 2 heteroatoms. The van der Waals surface area contributed by atoms with Crippen molar-refractivity contribution >= 4 is 0 Å². The van der Waals surface area contributed by atoms with Crippen LogP contribution in [0, 0.1) is 12.7 Å². The zero-order chi connectivity index (χ0) is 13.9. The van der Waals surface area contributed by atoms with E-state index in [9.17, 15) is 4.39 Å². The Labute approximate surface area is 119 Å². The number of aryl methyl sites for hydroxylation is 1.